The summed E-state index contributed by atoms with van der Waals surface area (Å²) in [6, 6.07) is 0.358. The van der Waals surface area contributed by atoms with E-state index in [1.807, 2.05) is 0 Å². The summed E-state index contributed by atoms with van der Waals surface area (Å²) in [7, 11) is 2.14. The minimum absolute atomic E-state index is 0.358. The Morgan fingerprint density at radius 2 is 2.00 bits per heavy atom. The largest absolute Gasteiger partial charge is 0.327 e. The van der Waals surface area contributed by atoms with Gasteiger partial charge in [0.2, 0.25) is 0 Å². The van der Waals surface area contributed by atoms with Crippen LogP contribution in [0.2, 0.25) is 0 Å². The first kappa shape index (κ1) is 10.9. The third-order valence-corrected chi connectivity index (χ3v) is 1.96. The molecule has 68 valence electrons. The van der Waals surface area contributed by atoms with E-state index >= 15 is 0 Å². The fraction of sp³-hybridized carbons (Fsp3) is 1.00. The van der Waals surface area contributed by atoms with Gasteiger partial charge < -0.3 is 10.6 Å². The molecule has 0 heterocycles. The molecule has 11 heavy (non-hydrogen) atoms. The SMILES string of the molecule is CCCCN(C)C[C@H](N)CC. The van der Waals surface area contributed by atoms with Crippen molar-refractivity contribution >= 4 is 0 Å². The second kappa shape index (κ2) is 6.62. The fourth-order valence-electron chi connectivity index (χ4n) is 1.05. The molecule has 0 saturated carbocycles. The van der Waals surface area contributed by atoms with Gasteiger partial charge in [0.25, 0.3) is 0 Å². The van der Waals surface area contributed by atoms with Gasteiger partial charge in [-0.25, -0.2) is 0 Å². The maximum atomic E-state index is 5.80. The summed E-state index contributed by atoms with van der Waals surface area (Å²) in [5.41, 5.74) is 5.80. The lowest BCUT2D eigenvalue weighted by Gasteiger charge is -2.19. The number of likely N-dealkylation sites (N-methyl/N-ethyl adjacent to an activating group) is 1. The molecular weight excluding hydrogens is 136 g/mol. The van der Waals surface area contributed by atoms with Crippen LogP contribution in [-0.4, -0.2) is 31.1 Å². The highest BCUT2D eigenvalue weighted by Crippen LogP contribution is 1.94. The number of nitrogens with two attached hydrogens (primary N) is 1. The topological polar surface area (TPSA) is 29.3 Å². The molecule has 2 nitrogen and oxygen atoms in total. The van der Waals surface area contributed by atoms with Crippen LogP contribution in [-0.2, 0) is 0 Å². The van der Waals surface area contributed by atoms with Gasteiger partial charge in [-0.05, 0) is 26.4 Å². The van der Waals surface area contributed by atoms with Crippen molar-refractivity contribution in [2.75, 3.05) is 20.1 Å². The van der Waals surface area contributed by atoms with Gasteiger partial charge in [-0.2, -0.15) is 0 Å². The van der Waals surface area contributed by atoms with Crippen molar-refractivity contribution in [2.24, 2.45) is 5.73 Å². The molecule has 0 rings (SSSR count). The average molecular weight is 158 g/mol. The Morgan fingerprint density at radius 1 is 1.36 bits per heavy atom. The Kier molecular flexibility index (Phi) is 6.57. The van der Waals surface area contributed by atoms with E-state index in [1.165, 1.54) is 19.4 Å². The smallest absolute Gasteiger partial charge is 0.0165 e. The van der Waals surface area contributed by atoms with Crippen LogP contribution in [0.4, 0.5) is 0 Å². The van der Waals surface area contributed by atoms with E-state index in [4.69, 9.17) is 5.73 Å². The Morgan fingerprint density at radius 3 is 2.45 bits per heavy atom. The molecular formula is C9H22N2. The standard InChI is InChI=1S/C9H22N2/c1-4-6-7-11(3)8-9(10)5-2/h9H,4-8,10H2,1-3H3/t9-/m1/s1. The van der Waals surface area contributed by atoms with Crippen LogP contribution >= 0.6 is 0 Å². The zero-order chi connectivity index (χ0) is 8.69. The van der Waals surface area contributed by atoms with Crippen LogP contribution in [0.15, 0.2) is 0 Å². The fourth-order valence-corrected chi connectivity index (χ4v) is 1.05. The lowest BCUT2D eigenvalue weighted by Crippen LogP contribution is -2.35. The third-order valence-electron chi connectivity index (χ3n) is 1.96. The van der Waals surface area contributed by atoms with E-state index in [1.54, 1.807) is 0 Å². The van der Waals surface area contributed by atoms with Gasteiger partial charge in [0.05, 0.1) is 0 Å². The summed E-state index contributed by atoms with van der Waals surface area (Å²) < 4.78 is 0. The Bertz CT molecular complexity index is 83.6. The molecule has 0 bridgehead atoms. The highest BCUT2D eigenvalue weighted by atomic mass is 15.1. The molecule has 0 aliphatic rings. The van der Waals surface area contributed by atoms with E-state index in [0.717, 1.165) is 13.0 Å². The second-order valence-electron chi connectivity index (χ2n) is 3.28. The van der Waals surface area contributed by atoms with Crippen molar-refractivity contribution in [1.82, 2.24) is 4.90 Å². The van der Waals surface area contributed by atoms with Gasteiger partial charge in [0.15, 0.2) is 0 Å². The van der Waals surface area contributed by atoms with E-state index in [0.29, 0.717) is 6.04 Å². The summed E-state index contributed by atoms with van der Waals surface area (Å²) in [6.45, 7) is 6.58. The number of rotatable bonds is 6. The summed E-state index contributed by atoms with van der Waals surface area (Å²) in [6.07, 6.45) is 3.63. The molecule has 0 unspecified atom stereocenters. The van der Waals surface area contributed by atoms with Crippen LogP contribution in [0.5, 0.6) is 0 Å². The first-order valence-electron chi connectivity index (χ1n) is 4.64. The van der Waals surface area contributed by atoms with Gasteiger partial charge in [-0.15, -0.1) is 0 Å². The summed E-state index contributed by atoms with van der Waals surface area (Å²) in [5, 5.41) is 0. The van der Waals surface area contributed by atoms with Crippen molar-refractivity contribution in [3.05, 3.63) is 0 Å². The molecule has 0 aliphatic heterocycles. The average Bonchev–Trinajstić information content (AvgIpc) is 2.00. The van der Waals surface area contributed by atoms with Crippen molar-refractivity contribution in [1.29, 1.82) is 0 Å². The van der Waals surface area contributed by atoms with Crippen LogP contribution < -0.4 is 5.73 Å². The molecule has 0 aromatic heterocycles. The van der Waals surface area contributed by atoms with E-state index in [9.17, 15) is 0 Å². The monoisotopic (exact) mass is 158 g/mol. The highest BCUT2D eigenvalue weighted by molar-refractivity contribution is 4.63. The normalized spacial score (nSPS) is 13.9. The molecule has 1 atom stereocenters. The van der Waals surface area contributed by atoms with E-state index in [2.05, 4.69) is 25.8 Å². The van der Waals surface area contributed by atoms with Crippen molar-refractivity contribution in [3.8, 4) is 0 Å². The molecule has 0 aliphatic carbocycles. The predicted molar refractivity (Wildman–Crippen MR) is 50.7 cm³/mol. The van der Waals surface area contributed by atoms with E-state index in [-0.39, 0.29) is 0 Å². The molecule has 0 radical (unpaired) electrons. The summed E-state index contributed by atoms with van der Waals surface area (Å²) >= 11 is 0. The van der Waals surface area contributed by atoms with Gasteiger partial charge in [-0.1, -0.05) is 20.3 Å². The third kappa shape index (κ3) is 6.32. The molecule has 2 N–H and O–H groups in total. The zero-order valence-corrected chi connectivity index (χ0v) is 8.14. The molecule has 0 aromatic carbocycles. The van der Waals surface area contributed by atoms with Gasteiger partial charge >= 0.3 is 0 Å². The molecule has 2 heteroatoms. The minimum Gasteiger partial charge on any atom is -0.327 e. The number of hydrogen-bond donors (Lipinski definition) is 1. The first-order chi connectivity index (χ1) is 5.20. The molecule has 0 spiro atoms. The molecule has 0 amide bonds. The quantitative estimate of drug-likeness (QED) is 0.634. The molecule has 0 fully saturated rings. The maximum Gasteiger partial charge on any atom is 0.0165 e. The molecule has 0 saturated heterocycles. The lowest BCUT2D eigenvalue weighted by molar-refractivity contribution is 0.303. The summed E-state index contributed by atoms with van der Waals surface area (Å²) in [4.78, 5) is 2.32. The predicted octanol–water partition coefficient (Wildman–Crippen LogP) is 1.46. The number of hydrogen-bond acceptors (Lipinski definition) is 2. The summed E-state index contributed by atoms with van der Waals surface area (Å²) in [5.74, 6) is 0. The minimum atomic E-state index is 0.358. The van der Waals surface area contributed by atoms with E-state index < -0.39 is 0 Å². The lowest BCUT2D eigenvalue weighted by atomic mass is 10.2. The maximum absolute atomic E-state index is 5.80. The number of unbranched alkanes of at least 4 members (excludes halogenated alkanes) is 1. The van der Waals surface area contributed by atoms with Crippen LogP contribution in [0.1, 0.15) is 33.1 Å². The van der Waals surface area contributed by atoms with Crippen LogP contribution in [0, 0.1) is 0 Å². The van der Waals surface area contributed by atoms with Crippen molar-refractivity contribution in [3.63, 3.8) is 0 Å². The van der Waals surface area contributed by atoms with Crippen LogP contribution in [0.3, 0.4) is 0 Å². The van der Waals surface area contributed by atoms with Crippen molar-refractivity contribution < 1.29 is 0 Å². The number of nitrogens with zero attached hydrogens (tertiary/aromatic N) is 1. The molecule has 0 aromatic rings. The Hall–Kier alpha value is -0.0800. The van der Waals surface area contributed by atoms with Crippen molar-refractivity contribution in [2.45, 2.75) is 39.2 Å². The van der Waals surface area contributed by atoms with Gasteiger partial charge in [0, 0.05) is 12.6 Å². The Balaban J connectivity index is 3.27. The highest BCUT2D eigenvalue weighted by Gasteiger charge is 2.02. The second-order valence-corrected chi connectivity index (χ2v) is 3.28. The Labute approximate surface area is 70.8 Å². The van der Waals surface area contributed by atoms with Crippen LogP contribution in [0.25, 0.3) is 0 Å². The van der Waals surface area contributed by atoms with Gasteiger partial charge in [0.1, 0.15) is 0 Å². The van der Waals surface area contributed by atoms with Gasteiger partial charge in [-0.3, -0.25) is 0 Å². The first-order valence-corrected chi connectivity index (χ1v) is 4.64. The zero-order valence-electron chi connectivity index (χ0n) is 8.14.